The molecule has 2 aliphatic rings. The van der Waals surface area contributed by atoms with Gasteiger partial charge in [0.1, 0.15) is 5.60 Å². The minimum absolute atomic E-state index is 0.00306. The number of hydrogen-bond donors (Lipinski definition) is 2. The van der Waals surface area contributed by atoms with Gasteiger partial charge in [-0.25, -0.2) is 9.97 Å². The predicted octanol–water partition coefficient (Wildman–Crippen LogP) is 3.24. The van der Waals surface area contributed by atoms with Gasteiger partial charge in [0.2, 0.25) is 5.95 Å². The smallest absolute Gasteiger partial charge is 0.310 e. The number of nitrogens with one attached hydrogen (secondary N) is 1. The van der Waals surface area contributed by atoms with Crippen molar-refractivity contribution in [2.75, 3.05) is 30.4 Å². The van der Waals surface area contributed by atoms with E-state index in [1.165, 1.54) is 0 Å². The zero-order valence-electron chi connectivity index (χ0n) is 22.7. The van der Waals surface area contributed by atoms with Crippen LogP contribution < -0.4 is 10.2 Å². The zero-order chi connectivity index (χ0) is 28.4. The average Bonchev–Trinajstić information content (AvgIpc) is 2.87. The van der Waals surface area contributed by atoms with E-state index in [4.69, 9.17) is 4.74 Å². The van der Waals surface area contributed by atoms with E-state index >= 15 is 0 Å². The van der Waals surface area contributed by atoms with Gasteiger partial charge < -0.3 is 20.1 Å². The van der Waals surface area contributed by atoms with E-state index in [2.05, 4.69) is 15.3 Å². The van der Waals surface area contributed by atoms with Crippen molar-refractivity contribution in [2.24, 2.45) is 5.41 Å². The number of ether oxygens (including phenoxy) is 1. The quantitative estimate of drug-likeness (QED) is 0.383. The molecule has 0 radical (unpaired) electrons. The number of carboxylic acid groups (broad SMARTS) is 1. The molecule has 10 nitrogen and oxygen atoms in total. The number of anilines is 2. The molecule has 1 aromatic heterocycles. The van der Waals surface area contributed by atoms with Crippen LogP contribution in [0.15, 0.2) is 36.2 Å². The highest BCUT2D eigenvalue weighted by molar-refractivity contribution is 6.25. The Morgan fingerprint density at radius 1 is 1.13 bits per heavy atom. The summed E-state index contributed by atoms with van der Waals surface area (Å²) in [5, 5.41) is 13.0. The Morgan fingerprint density at radius 3 is 2.38 bits per heavy atom. The first kappa shape index (κ1) is 27.9. The lowest BCUT2D eigenvalue weighted by atomic mass is 9.75. The van der Waals surface area contributed by atoms with Crippen LogP contribution in [0.4, 0.5) is 11.6 Å². The summed E-state index contributed by atoms with van der Waals surface area (Å²) in [6.07, 6.45) is 5.24. The predicted molar refractivity (Wildman–Crippen MR) is 145 cm³/mol. The van der Waals surface area contributed by atoms with E-state index < -0.39 is 23.0 Å². The number of carbonyl (C=O) groups is 4. The number of aliphatic carboxylic acids is 1. The Bertz CT molecular complexity index is 1320. The number of rotatable bonds is 8. The molecule has 1 saturated heterocycles. The van der Waals surface area contributed by atoms with E-state index in [0.29, 0.717) is 24.6 Å². The fourth-order valence-electron chi connectivity index (χ4n) is 5.04. The fraction of sp³-hybridized carbons (Fsp3) is 0.448. The summed E-state index contributed by atoms with van der Waals surface area (Å²) in [5.74, 6) is -1.62. The summed E-state index contributed by atoms with van der Waals surface area (Å²) in [6, 6.07) is 5.67. The topological polar surface area (TPSA) is 139 Å². The van der Waals surface area contributed by atoms with E-state index in [1.54, 1.807) is 46.3 Å². The second kappa shape index (κ2) is 11.0. The zero-order valence-corrected chi connectivity index (χ0v) is 22.7. The number of nitrogens with zero attached hydrogens (tertiary/aromatic N) is 3. The number of fused-ring (bicyclic) bond motifs is 1. The first-order valence-electron chi connectivity index (χ1n) is 13.0. The molecular formula is C29H34N4O6. The molecule has 39 heavy (non-hydrogen) atoms. The maximum atomic E-state index is 13.0. The van der Waals surface area contributed by atoms with Crippen molar-refractivity contribution >= 4 is 41.2 Å². The summed E-state index contributed by atoms with van der Waals surface area (Å²) >= 11 is 0. The molecule has 1 aliphatic heterocycles. The summed E-state index contributed by atoms with van der Waals surface area (Å²) in [5.41, 5.74) is 1.48. The van der Waals surface area contributed by atoms with Gasteiger partial charge in [-0.1, -0.05) is 12.1 Å². The number of hydrogen-bond acceptors (Lipinski definition) is 9. The molecule has 0 saturated carbocycles. The average molecular weight is 535 g/mol. The molecule has 0 atom stereocenters. The van der Waals surface area contributed by atoms with Crippen molar-refractivity contribution in [3.8, 4) is 0 Å². The molecule has 0 amide bonds. The van der Waals surface area contributed by atoms with Crippen LogP contribution in [0.1, 0.15) is 56.7 Å². The molecule has 2 N–H and O–H groups in total. The van der Waals surface area contributed by atoms with Crippen LogP contribution in [0, 0.1) is 5.41 Å². The number of esters is 1. The van der Waals surface area contributed by atoms with Crippen LogP contribution in [-0.2, 0) is 36.8 Å². The highest BCUT2D eigenvalue weighted by atomic mass is 16.6. The molecule has 0 unspecified atom stereocenters. The molecule has 1 aliphatic carbocycles. The Labute approximate surface area is 227 Å². The third kappa shape index (κ3) is 6.32. The van der Waals surface area contributed by atoms with E-state index in [0.717, 1.165) is 16.8 Å². The van der Waals surface area contributed by atoms with Crippen molar-refractivity contribution in [2.45, 2.75) is 58.5 Å². The lowest BCUT2D eigenvalue weighted by Crippen LogP contribution is -2.46. The number of Topliss-reactive ketones (excluding diaryl/α,β-unsaturated/α-hetero) is 2. The van der Waals surface area contributed by atoms with Gasteiger partial charge in [-0.05, 0) is 62.4 Å². The normalized spacial score (nSPS) is 16.7. The fourth-order valence-corrected chi connectivity index (χ4v) is 5.04. The van der Waals surface area contributed by atoms with Gasteiger partial charge in [0.05, 0.1) is 17.4 Å². The Hall–Kier alpha value is -4.08. The van der Waals surface area contributed by atoms with E-state index in [-0.39, 0.29) is 49.2 Å². The van der Waals surface area contributed by atoms with Gasteiger partial charge in [0, 0.05) is 51.1 Å². The van der Waals surface area contributed by atoms with Gasteiger partial charge in [0.25, 0.3) is 0 Å². The number of allylic oxidation sites excluding steroid dienone is 1. The lowest BCUT2D eigenvalue weighted by molar-refractivity contribution is -0.166. The number of aromatic nitrogens is 2. The molecule has 10 heteroatoms. The largest absolute Gasteiger partial charge is 0.481 e. The number of carbonyl (C=O) groups excluding carboxylic acids is 3. The van der Waals surface area contributed by atoms with Crippen LogP contribution in [-0.4, -0.2) is 64.3 Å². The third-order valence-electron chi connectivity index (χ3n) is 7.14. The summed E-state index contributed by atoms with van der Waals surface area (Å²) in [6.45, 7) is 5.97. The lowest BCUT2D eigenvalue weighted by Gasteiger charge is -2.38. The van der Waals surface area contributed by atoms with Crippen molar-refractivity contribution in [1.29, 1.82) is 0 Å². The Kier molecular flexibility index (Phi) is 7.85. The highest BCUT2D eigenvalue weighted by Gasteiger charge is 2.44. The maximum Gasteiger partial charge on any atom is 0.310 e. The van der Waals surface area contributed by atoms with Crippen molar-refractivity contribution < 1.29 is 29.0 Å². The van der Waals surface area contributed by atoms with Gasteiger partial charge in [-0.3, -0.25) is 19.2 Å². The third-order valence-corrected chi connectivity index (χ3v) is 7.14. The maximum absolute atomic E-state index is 13.0. The first-order valence-corrected chi connectivity index (χ1v) is 13.0. The Balaban J connectivity index is 1.39. The molecule has 2 heterocycles. The van der Waals surface area contributed by atoms with Crippen molar-refractivity contribution in [3.63, 3.8) is 0 Å². The van der Waals surface area contributed by atoms with Crippen molar-refractivity contribution in [1.82, 2.24) is 9.97 Å². The first-order chi connectivity index (χ1) is 18.4. The van der Waals surface area contributed by atoms with Gasteiger partial charge in [-0.2, -0.15) is 0 Å². The van der Waals surface area contributed by atoms with Crippen LogP contribution in [0.3, 0.4) is 0 Å². The van der Waals surface area contributed by atoms with Gasteiger partial charge >= 0.3 is 11.9 Å². The van der Waals surface area contributed by atoms with Crippen LogP contribution in [0.5, 0.6) is 0 Å². The monoisotopic (exact) mass is 534 g/mol. The summed E-state index contributed by atoms with van der Waals surface area (Å²) in [4.78, 5) is 60.8. The molecule has 0 bridgehead atoms. The van der Waals surface area contributed by atoms with Crippen LogP contribution in [0.25, 0.3) is 6.08 Å². The second-order valence-electron chi connectivity index (χ2n) is 11.1. The van der Waals surface area contributed by atoms with Gasteiger partial charge in [0.15, 0.2) is 11.6 Å². The second-order valence-corrected chi connectivity index (χ2v) is 11.1. The standard InChI is InChI=1S/C29H34N4O6/c1-28(2,3)39-25(36)15-29(26(37)38)8-10-33(11-9-29)27-31-16-18(17-32-27)12-23(34)21-13-19-6-5-7-22(30-4)20(19)14-24(21)35/h5-7,13,16-17,30H,8-12,14-15H2,1-4H3,(H,37,38). The van der Waals surface area contributed by atoms with Gasteiger partial charge in [-0.15, -0.1) is 0 Å². The number of benzene rings is 1. The van der Waals surface area contributed by atoms with Crippen LogP contribution >= 0.6 is 0 Å². The summed E-state index contributed by atoms with van der Waals surface area (Å²) in [7, 11) is 1.80. The molecule has 1 aromatic carbocycles. The summed E-state index contributed by atoms with van der Waals surface area (Å²) < 4.78 is 5.35. The number of carboxylic acids is 1. The molecule has 4 rings (SSSR count). The molecule has 0 spiro atoms. The molecule has 2 aromatic rings. The van der Waals surface area contributed by atoms with Crippen LogP contribution in [0.2, 0.25) is 0 Å². The minimum atomic E-state index is -1.20. The SMILES string of the molecule is CNc1cccc2c1CC(=O)C(C(=O)Cc1cnc(N3CCC(CC(=O)OC(C)(C)C)(C(=O)O)CC3)nc1)=C2. The molecule has 1 fully saturated rings. The molecular weight excluding hydrogens is 500 g/mol. The van der Waals surface area contributed by atoms with E-state index in [9.17, 15) is 24.3 Å². The number of piperidine rings is 1. The van der Waals surface area contributed by atoms with E-state index in [1.807, 2.05) is 23.1 Å². The molecule has 206 valence electrons. The van der Waals surface area contributed by atoms with Crippen molar-refractivity contribution in [3.05, 3.63) is 52.9 Å². The minimum Gasteiger partial charge on any atom is -0.481 e. The Morgan fingerprint density at radius 2 is 1.79 bits per heavy atom. The number of ketones is 2. The highest BCUT2D eigenvalue weighted by Crippen LogP contribution is 2.37.